The van der Waals surface area contributed by atoms with Crippen LogP contribution in [-0.4, -0.2) is 25.0 Å². The van der Waals surface area contributed by atoms with E-state index >= 15 is 0 Å². The number of hydrogen-bond donors (Lipinski definition) is 3. The lowest BCUT2D eigenvalue weighted by Gasteiger charge is -2.12. The molecule has 2 aromatic carbocycles. The van der Waals surface area contributed by atoms with Gasteiger partial charge in [-0.05, 0) is 43.7 Å². The first-order chi connectivity index (χ1) is 13.0. The first-order valence-corrected chi connectivity index (χ1v) is 9.25. The minimum absolute atomic E-state index is 0.0327. The highest BCUT2D eigenvalue weighted by atomic mass is 35.5. The average molecular weight is 390 g/mol. The molecule has 0 saturated carbocycles. The van der Waals surface area contributed by atoms with Crippen molar-refractivity contribution in [3.05, 3.63) is 47.5 Å². The van der Waals surface area contributed by atoms with Gasteiger partial charge >= 0.3 is 0 Å². The Kier molecular flexibility index (Phi) is 7.95. The molecule has 2 rings (SSSR count). The standard InChI is InChI=1S/C20H24ClN3O3/c1-3-6-19(25)23-15-9-10-17(21)18(12-15)22-13-20(26)24-14-7-5-8-16(11-14)27-4-2/h5,7-12,22H,3-4,6,13H2,1-2H3,(H,23,25)(H,24,26). The van der Waals surface area contributed by atoms with E-state index in [1.807, 2.05) is 26.0 Å². The van der Waals surface area contributed by atoms with Crippen molar-refractivity contribution in [1.82, 2.24) is 0 Å². The summed E-state index contributed by atoms with van der Waals surface area (Å²) in [7, 11) is 0. The molecule has 0 aliphatic carbocycles. The molecule has 0 aromatic heterocycles. The van der Waals surface area contributed by atoms with Crippen LogP contribution in [0.3, 0.4) is 0 Å². The number of halogens is 1. The van der Waals surface area contributed by atoms with Crippen molar-refractivity contribution in [3.63, 3.8) is 0 Å². The second kappa shape index (κ2) is 10.4. The summed E-state index contributed by atoms with van der Waals surface area (Å²) in [5.41, 5.74) is 1.86. The van der Waals surface area contributed by atoms with Crippen LogP contribution in [0, 0.1) is 0 Å². The Bertz CT molecular complexity index is 796. The van der Waals surface area contributed by atoms with Crippen LogP contribution in [0.5, 0.6) is 5.75 Å². The third kappa shape index (κ3) is 6.83. The highest BCUT2D eigenvalue weighted by Gasteiger charge is 2.08. The van der Waals surface area contributed by atoms with E-state index in [0.29, 0.717) is 40.9 Å². The van der Waals surface area contributed by atoms with Crippen LogP contribution >= 0.6 is 11.6 Å². The minimum atomic E-state index is -0.222. The Hall–Kier alpha value is -2.73. The molecule has 144 valence electrons. The molecule has 2 aromatic rings. The lowest BCUT2D eigenvalue weighted by atomic mass is 10.2. The summed E-state index contributed by atoms with van der Waals surface area (Å²) < 4.78 is 5.42. The lowest BCUT2D eigenvalue weighted by molar-refractivity contribution is -0.116. The molecule has 27 heavy (non-hydrogen) atoms. The largest absolute Gasteiger partial charge is 0.494 e. The van der Waals surface area contributed by atoms with E-state index in [1.165, 1.54) is 0 Å². The summed E-state index contributed by atoms with van der Waals surface area (Å²) in [6.45, 7) is 4.43. The van der Waals surface area contributed by atoms with Crippen LogP contribution in [0.15, 0.2) is 42.5 Å². The monoisotopic (exact) mass is 389 g/mol. The van der Waals surface area contributed by atoms with E-state index in [-0.39, 0.29) is 18.4 Å². The SMILES string of the molecule is CCCC(=O)Nc1ccc(Cl)c(NCC(=O)Nc2cccc(OCC)c2)c1. The van der Waals surface area contributed by atoms with E-state index in [0.717, 1.165) is 6.42 Å². The molecule has 0 unspecified atom stereocenters. The zero-order valence-corrected chi connectivity index (χ0v) is 16.2. The van der Waals surface area contributed by atoms with Crippen molar-refractivity contribution < 1.29 is 14.3 Å². The fourth-order valence-corrected chi connectivity index (χ4v) is 2.58. The van der Waals surface area contributed by atoms with Gasteiger partial charge in [-0.15, -0.1) is 0 Å². The molecule has 0 radical (unpaired) electrons. The smallest absolute Gasteiger partial charge is 0.243 e. The number of nitrogens with one attached hydrogen (secondary N) is 3. The van der Waals surface area contributed by atoms with Crippen LogP contribution in [-0.2, 0) is 9.59 Å². The lowest BCUT2D eigenvalue weighted by Crippen LogP contribution is -2.22. The van der Waals surface area contributed by atoms with Gasteiger partial charge in [0, 0.05) is 23.9 Å². The first kappa shape index (κ1) is 20.6. The molecule has 0 spiro atoms. The summed E-state index contributed by atoms with van der Waals surface area (Å²) in [5.74, 6) is 0.416. The van der Waals surface area contributed by atoms with E-state index in [2.05, 4.69) is 16.0 Å². The van der Waals surface area contributed by atoms with Gasteiger partial charge in [0.2, 0.25) is 11.8 Å². The molecule has 0 fully saturated rings. The Morgan fingerprint density at radius 2 is 1.74 bits per heavy atom. The number of carbonyl (C=O) groups excluding carboxylic acids is 2. The van der Waals surface area contributed by atoms with Crippen LogP contribution in [0.2, 0.25) is 5.02 Å². The molecule has 7 heteroatoms. The molecule has 0 heterocycles. The van der Waals surface area contributed by atoms with E-state index < -0.39 is 0 Å². The third-order valence-corrected chi connectivity index (χ3v) is 3.92. The van der Waals surface area contributed by atoms with Gasteiger partial charge in [0.15, 0.2) is 0 Å². The van der Waals surface area contributed by atoms with E-state index in [1.54, 1.807) is 30.3 Å². The van der Waals surface area contributed by atoms with Crippen LogP contribution < -0.4 is 20.7 Å². The normalized spacial score (nSPS) is 10.2. The number of carbonyl (C=O) groups is 2. The zero-order valence-electron chi connectivity index (χ0n) is 15.5. The first-order valence-electron chi connectivity index (χ1n) is 8.87. The topological polar surface area (TPSA) is 79.5 Å². The maximum Gasteiger partial charge on any atom is 0.243 e. The number of rotatable bonds is 9. The molecule has 6 nitrogen and oxygen atoms in total. The van der Waals surface area contributed by atoms with Crippen molar-refractivity contribution in [3.8, 4) is 5.75 Å². The van der Waals surface area contributed by atoms with Gasteiger partial charge in [-0.3, -0.25) is 9.59 Å². The molecule has 2 amide bonds. The summed E-state index contributed by atoms with van der Waals surface area (Å²) in [4.78, 5) is 23.9. The number of hydrogen-bond acceptors (Lipinski definition) is 4. The number of anilines is 3. The van der Waals surface area contributed by atoms with E-state index in [9.17, 15) is 9.59 Å². The average Bonchev–Trinajstić information content (AvgIpc) is 2.63. The van der Waals surface area contributed by atoms with Crippen molar-refractivity contribution in [2.24, 2.45) is 0 Å². The molecule has 0 atom stereocenters. The quantitative estimate of drug-likeness (QED) is 0.588. The van der Waals surface area contributed by atoms with Crippen LogP contribution in [0.25, 0.3) is 0 Å². The van der Waals surface area contributed by atoms with Gasteiger partial charge in [-0.1, -0.05) is 24.6 Å². The summed E-state index contributed by atoms with van der Waals surface area (Å²) in [6.07, 6.45) is 1.23. The Balaban J connectivity index is 1.94. The summed E-state index contributed by atoms with van der Waals surface area (Å²) >= 11 is 6.17. The second-order valence-corrected chi connectivity index (χ2v) is 6.26. The second-order valence-electron chi connectivity index (χ2n) is 5.86. The predicted octanol–water partition coefficient (Wildman–Crippen LogP) is 4.53. The van der Waals surface area contributed by atoms with Crippen molar-refractivity contribution >= 4 is 40.5 Å². The number of amides is 2. The molecular formula is C20H24ClN3O3. The molecule has 3 N–H and O–H groups in total. The molecule has 0 saturated heterocycles. The minimum Gasteiger partial charge on any atom is -0.494 e. The molecule has 0 bridgehead atoms. The molecule has 0 aliphatic rings. The van der Waals surface area contributed by atoms with Gasteiger partial charge in [-0.25, -0.2) is 0 Å². The van der Waals surface area contributed by atoms with E-state index in [4.69, 9.17) is 16.3 Å². The number of ether oxygens (including phenoxy) is 1. The fraction of sp³-hybridized carbons (Fsp3) is 0.300. The Morgan fingerprint density at radius 1 is 1.00 bits per heavy atom. The van der Waals surface area contributed by atoms with Crippen molar-refractivity contribution in [1.29, 1.82) is 0 Å². The zero-order chi connectivity index (χ0) is 19.6. The van der Waals surface area contributed by atoms with Gasteiger partial charge < -0.3 is 20.7 Å². The predicted molar refractivity (Wildman–Crippen MR) is 110 cm³/mol. The Labute approximate surface area is 164 Å². The number of benzene rings is 2. The maximum atomic E-state index is 12.2. The third-order valence-electron chi connectivity index (χ3n) is 3.60. The summed E-state index contributed by atoms with van der Waals surface area (Å²) in [5, 5.41) is 9.06. The van der Waals surface area contributed by atoms with Gasteiger partial charge in [0.25, 0.3) is 0 Å². The maximum absolute atomic E-state index is 12.2. The molecule has 0 aliphatic heterocycles. The van der Waals surface area contributed by atoms with Gasteiger partial charge in [0.1, 0.15) is 5.75 Å². The highest BCUT2D eigenvalue weighted by Crippen LogP contribution is 2.25. The van der Waals surface area contributed by atoms with Gasteiger partial charge in [0.05, 0.1) is 23.9 Å². The summed E-state index contributed by atoms with van der Waals surface area (Å²) in [6, 6.07) is 12.3. The molecular weight excluding hydrogens is 366 g/mol. The van der Waals surface area contributed by atoms with Crippen LogP contribution in [0.4, 0.5) is 17.1 Å². The Morgan fingerprint density at radius 3 is 2.48 bits per heavy atom. The van der Waals surface area contributed by atoms with Crippen molar-refractivity contribution in [2.45, 2.75) is 26.7 Å². The van der Waals surface area contributed by atoms with Crippen molar-refractivity contribution in [2.75, 3.05) is 29.1 Å². The van der Waals surface area contributed by atoms with Gasteiger partial charge in [-0.2, -0.15) is 0 Å². The highest BCUT2D eigenvalue weighted by molar-refractivity contribution is 6.33. The van der Waals surface area contributed by atoms with Crippen LogP contribution in [0.1, 0.15) is 26.7 Å². The fourth-order valence-electron chi connectivity index (χ4n) is 2.40.